The average Bonchev–Trinajstić information content (AvgIpc) is 2.06. The van der Waals surface area contributed by atoms with E-state index < -0.39 is 0 Å². The van der Waals surface area contributed by atoms with E-state index in [1.165, 1.54) is 0 Å². The van der Waals surface area contributed by atoms with Crippen molar-refractivity contribution in [3.8, 4) is 0 Å². The maximum atomic E-state index is 6.01. The van der Waals surface area contributed by atoms with Gasteiger partial charge in [-0.2, -0.15) is 0 Å². The van der Waals surface area contributed by atoms with Crippen molar-refractivity contribution in [1.29, 1.82) is 0 Å². The van der Waals surface area contributed by atoms with E-state index in [4.69, 9.17) is 23.2 Å². The summed E-state index contributed by atoms with van der Waals surface area (Å²) in [5.41, 5.74) is 1.65. The molecule has 0 aliphatic carbocycles. The number of hydrogen-bond acceptors (Lipinski definition) is 2. The van der Waals surface area contributed by atoms with E-state index in [0.717, 1.165) is 16.6 Å². The van der Waals surface area contributed by atoms with Gasteiger partial charge in [-0.15, -0.1) is 0 Å². The first-order valence-corrected chi connectivity index (χ1v) is 4.51. The molecule has 0 aromatic carbocycles. The van der Waals surface area contributed by atoms with Crippen molar-refractivity contribution in [3.63, 3.8) is 0 Å². The number of halogens is 2. The van der Waals surface area contributed by atoms with Gasteiger partial charge in [0.25, 0.3) is 0 Å². The quantitative estimate of drug-likeness (QED) is 0.627. The fourth-order valence-electron chi connectivity index (χ4n) is 1.19. The van der Waals surface area contributed by atoms with Crippen LogP contribution in [0.2, 0.25) is 10.2 Å². The Hall–Kier alpha value is -0.860. The van der Waals surface area contributed by atoms with Crippen LogP contribution in [-0.4, -0.2) is 9.97 Å². The summed E-state index contributed by atoms with van der Waals surface area (Å²) < 4.78 is 0. The van der Waals surface area contributed by atoms with Gasteiger partial charge in [-0.3, -0.25) is 4.98 Å². The lowest BCUT2D eigenvalue weighted by molar-refractivity contribution is 1.23. The fraction of sp³-hybridized carbons (Fsp3) is 0.111. The van der Waals surface area contributed by atoms with Gasteiger partial charge >= 0.3 is 0 Å². The standard InChI is InChI=1S/C9H6Cl2N2/c1-5-2-7(10)6-3-9(11)12-4-8(6)13-5/h2-4H,1H3. The summed E-state index contributed by atoms with van der Waals surface area (Å²) in [5, 5.41) is 1.93. The molecule has 2 nitrogen and oxygen atoms in total. The van der Waals surface area contributed by atoms with Crippen LogP contribution in [0.1, 0.15) is 5.69 Å². The van der Waals surface area contributed by atoms with Gasteiger partial charge in [0.05, 0.1) is 16.7 Å². The lowest BCUT2D eigenvalue weighted by Crippen LogP contribution is -1.86. The largest absolute Gasteiger partial charge is 0.251 e. The molecule has 0 N–H and O–H groups in total. The van der Waals surface area contributed by atoms with Crippen molar-refractivity contribution < 1.29 is 0 Å². The van der Waals surface area contributed by atoms with Gasteiger partial charge in [0.15, 0.2) is 0 Å². The highest BCUT2D eigenvalue weighted by Gasteiger charge is 2.02. The van der Waals surface area contributed by atoms with Crippen molar-refractivity contribution in [2.75, 3.05) is 0 Å². The first-order valence-electron chi connectivity index (χ1n) is 3.75. The van der Waals surface area contributed by atoms with Crippen LogP contribution in [0.25, 0.3) is 10.9 Å². The molecule has 0 amide bonds. The highest BCUT2D eigenvalue weighted by Crippen LogP contribution is 2.24. The van der Waals surface area contributed by atoms with Crippen LogP contribution in [0.5, 0.6) is 0 Å². The van der Waals surface area contributed by atoms with Crippen LogP contribution in [0, 0.1) is 6.92 Å². The zero-order valence-corrected chi connectivity index (χ0v) is 8.39. The molecule has 0 saturated carbocycles. The minimum Gasteiger partial charge on any atom is -0.251 e. The summed E-state index contributed by atoms with van der Waals surface area (Å²) in [6.45, 7) is 1.89. The van der Waals surface area contributed by atoms with E-state index in [-0.39, 0.29) is 0 Å². The molecule has 2 aromatic heterocycles. The van der Waals surface area contributed by atoms with Crippen LogP contribution in [0.3, 0.4) is 0 Å². The van der Waals surface area contributed by atoms with Gasteiger partial charge in [0, 0.05) is 11.1 Å². The molecule has 0 aliphatic rings. The Kier molecular flexibility index (Phi) is 2.10. The van der Waals surface area contributed by atoms with Crippen LogP contribution in [0.15, 0.2) is 18.3 Å². The fourth-order valence-corrected chi connectivity index (χ4v) is 1.65. The molecule has 0 spiro atoms. The van der Waals surface area contributed by atoms with Crippen molar-refractivity contribution >= 4 is 34.1 Å². The minimum absolute atomic E-state index is 0.431. The second kappa shape index (κ2) is 3.13. The first kappa shape index (κ1) is 8.73. The number of rotatable bonds is 0. The third-order valence-electron chi connectivity index (χ3n) is 1.74. The predicted octanol–water partition coefficient (Wildman–Crippen LogP) is 3.25. The molecule has 2 aromatic rings. The first-order chi connectivity index (χ1) is 6.16. The van der Waals surface area contributed by atoms with Gasteiger partial charge < -0.3 is 0 Å². The SMILES string of the molecule is Cc1cc(Cl)c2cc(Cl)ncc2n1. The molecule has 0 fully saturated rings. The molecule has 0 bridgehead atoms. The lowest BCUT2D eigenvalue weighted by atomic mass is 10.2. The maximum absolute atomic E-state index is 6.01. The minimum atomic E-state index is 0.431. The second-order valence-electron chi connectivity index (χ2n) is 2.77. The molecule has 13 heavy (non-hydrogen) atoms. The normalized spacial score (nSPS) is 10.7. The molecule has 0 aliphatic heterocycles. The highest BCUT2D eigenvalue weighted by molar-refractivity contribution is 6.36. The smallest absolute Gasteiger partial charge is 0.129 e. The predicted molar refractivity (Wildman–Crippen MR) is 54.3 cm³/mol. The summed E-state index contributed by atoms with van der Waals surface area (Å²) in [6.07, 6.45) is 1.62. The molecule has 0 atom stereocenters. The summed E-state index contributed by atoms with van der Waals surface area (Å²) in [5.74, 6) is 0. The summed E-state index contributed by atoms with van der Waals surface area (Å²) in [7, 11) is 0. The third kappa shape index (κ3) is 1.60. The number of pyridine rings is 2. The molecule has 2 heterocycles. The lowest BCUT2D eigenvalue weighted by Gasteiger charge is -2.01. The van der Waals surface area contributed by atoms with Crippen LogP contribution in [-0.2, 0) is 0 Å². The number of fused-ring (bicyclic) bond motifs is 1. The Balaban J connectivity index is 2.87. The van der Waals surface area contributed by atoms with E-state index in [9.17, 15) is 0 Å². The maximum Gasteiger partial charge on any atom is 0.129 e. The molecule has 0 saturated heterocycles. The Morgan fingerprint density at radius 2 is 2.00 bits per heavy atom. The summed E-state index contributed by atoms with van der Waals surface area (Å²) in [6, 6.07) is 3.52. The van der Waals surface area contributed by atoms with Gasteiger partial charge in [-0.25, -0.2) is 4.98 Å². The zero-order valence-electron chi connectivity index (χ0n) is 6.88. The van der Waals surface area contributed by atoms with E-state index in [1.54, 1.807) is 18.3 Å². The second-order valence-corrected chi connectivity index (χ2v) is 3.56. The molecule has 0 radical (unpaired) electrons. The highest BCUT2D eigenvalue weighted by atomic mass is 35.5. The molecular formula is C9H6Cl2N2. The molecule has 66 valence electrons. The molecule has 2 rings (SSSR count). The van der Waals surface area contributed by atoms with Crippen LogP contribution in [0.4, 0.5) is 0 Å². The third-order valence-corrected chi connectivity index (χ3v) is 2.26. The van der Waals surface area contributed by atoms with Crippen molar-refractivity contribution in [2.45, 2.75) is 6.92 Å². The molecular weight excluding hydrogens is 207 g/mol. The van der Waals surface area contributed by atoms with E-state index in [1.807, 2.05) is 6.92 Å². The summed E-state index contributed by atoms with van der Waals surface area (Å²) in [4.78, 5) is 8.21. The van der Waals surface area contributed by atoms with Crippen LogP contribution >= 0.6 is 23.2 Å². The van der Waals surface area contributed by atoms with Crippen molar-refractivity contribution in [1.82, 2.24) is 9.97 Å². The van der Waals surface area contributed by atoms with Gasteiger partial charge in [-0.05, 0) is 19.1 Å². The Bertz CT molecular complexity index is 468. The van der Waals surface area contributed by atoms with Crippen molar-refractivity contribution in [3.05, 3.63) is 34.2 Å². The molecule has 4 heteroatoms. The number of nitrogens with zero attached hydrogens (tertiary/aromatic N) is 2. The van der Waals surface area contributed by atoms with E-state index in [2.05, 4.69) is 9.97 Å². The van der Waals surface area contributed by atoms with Crippen LogP contribution < -0.4 is 0 Å². The average molecular weight is 213 g/mol. The van der Waals surface area contributed by atoms with Gasteiger partial charge in [-0.1, -0.05) is 23.2 Å². The Morgan fingerprint density at radius 1 is 1.23 bits per heavy atom. The topological polar surface area (TPSA) is 25.8 Å². The number of aryl methyl sites for hydroxylation is 1. The Labute approximate surface area is 85.5 Å². The molecule has 0 unspecified atom stereocenters. The van der Waals surface area contributed by atoms with Gasteiger partial charge in [0.2, 0.25) is 0 Å². The van der Waals surface area contributed by atoms with Crippen molar-refractivity contribution in [2.24, 2.45) is 0 Å². The van der Waals surface area contributed by atoms with Gasteiger partial charge in [0.1, 0.15) is 5.15 Å². The number of aromatic nitrogens is 2. The summed E-state index contributed by atoms with van der Waals surface area (Å²) >= 11 is 11.7. The number of hydrogen-bond donors (Lipinski definition) is 0. The van der Waals surface area contributed by atoms with E-state index >= 15 is 0 Å². The monoisotopic (exact) mass is 212 g/mol. The Morgan fingerprint density at radius 3 is 2.77 bits per heavy atom. The van der Waals surface area contributed by atoms with E-state index in [0.29, 0.717) is 10.2 Å². The zero-order chi connectivity index (χ0) is 9.42.